The average molecular weight is 447 g/mol. The van der Waals surface area contributed by atoms with Crippen LogP contribution in [-0.4, -0.2) is 32.9 Å². The largest absolute Gasteiger partial charge is 0.507 e. The molecule has 0 unspecified atom stereocenters. The Balaban J connectivity index is 1.61. The number of hydrogen-bond donors (Lipinski definition) is 3. The van der Waals surface area contributed by atoms with Crippen LogP contribution in [0.3, 0.4) is 0 Å². The van der Waals surface area contributed by atoms with Gasteiger partial charge in [-0.25, -0.2) is 4.79 Å². The fourth-order valence-electron chi connectivity index (χ4n) is 4.36. The van der Waals surface area contributed by atoms with Crippen LogP contribution >= 0.6 is 0 Å². The summed E-state index contributed by atoms with van der Waals surface area (Å²) in [4.78, 5) is 25.4. The number of aromatic nitrogens is 2. The van der Waals surface area contributed by atoms with Gasteiger partial charge < -0.3 is 15.7 Å². The van der Waals surface area contributed by atoms with Crippen molar-refractivity contribution in [1.29, 1.82) is 0 Å². The van der Waals surface area contributed by atoms with E-state index in [1.165, 1.54) is 10.7 Å². The second kappa shape index (κ2) is 9.48. The zero-order valence-corrected chi connectivity index (χ0v) is 19.3. The minimum Gasteiger partial charge on any atom is -0.507 e. The Morgan fingerprint density at radius 3 is 2.48 bits per heavy atom. The number of aromatic hydroxyl groups is 1. The molecule has 1 aliphatic carbocycles. The Kier molecular flexibility index (Phi) is 6.49. The Morgan fingerprint density at radius 1 is 1.09 bits per heavy atom. The zero-order valence-electron chi connectivity index (χ0n) is 19.3. The number of amides is 2. The monoisotopic (exact) mass is 446 g/mol. The summed E-state index contributed by atoms with van der Waals surface area (Å²) in [5.41, 5.74) is 3.86. The highest BCUT2D eigenvalue weighted by Crippen LogP contribution is 2.38. The molecule has 3 N–H and O–H groups in total. The van der Waals surface area contributed by atoms with Crippen molar-refractivity contribution in [3.8, 4) is 17.0 Å². The number of phenols is 1. The van der Waals surface area contributed by atoms with E-state index in [0.29, 0.717) is 22.5 Å². The van der Waals surface area contributed by atoms with Gasteiger partial charge in [0.2, 0.25) is 0 Å². The molecule has 3 aromatic rings. The standard InChI is InChI=1S/C26H30N4O3/c1-16(2)27-26(33)30-23(18-9-5-6-10-18)15-22(29-30)21-13-12-19(14-24(21)31)28-25(32)20-11-7-4-8-17(20)3/h4,7-8,11-16,18,31H,5-6,9-10H2,1-3H3,(H,27,33)(H,28,32). The highest BCUT2D eigenvalue weighted by molar-refractivity contribution is 6.05. The molecular weight excluding hydrogens is 416 g/mol. The Bertz CT molecular complexity index is 1180. The number of aryl methyl sites for hydroxylation is 1. The van der Waals surface area contributed by atoms with Crippen molar-refractivity contribution in [1.82, 2.24) is 15.1 Å². The summed E-state index contributed by atoms with van der Waals surface area (Å²) in [6.07, 6.45) is 4.32. The Labute approximate surface area is 193 Å². The first kappa shape index (κ1) is 22.6. The summed E-state index contributed by atoms with van der Waals surface area (Å²) in [5.74, 6) is 0.0295. The number of carbonyl (C=O) groups is 2. The number of phenolic OH excluding ortho intramolecular Hbond substituents is 1. The molecule has 2 amide bonds. The van der Waals surface area contributed by atoms with E-state index in [2.05, 4.69) is 15.7 Å². The van der Waals surface area contributed by atoms with Gasteiger partial charge >= 0.3 is 6.03 Å². The van der Waals surface area contributed by atoms with Crippen molar-refractivity contribution in [2.45, 2.75) is 58.4 Å². The fourth-order valence-corrected chi connectivity index (χ4v) is 4.36. The fraction of sp³-hybridized carbons (Fsp3) is 0.346. The number of carbonyl (C=O) groups excluding carboxylic acids is 2. The number of nitrogens with one attached hydrogen (secondary N) is 2. The van der Waals surface area contributed by atoms with Crippen LogP contribution in [-0.2, 0) is 0 Å². The van der Waals surface area contributed by atoms with E-state index in [9.17, 15) is 14.7 Å². The summed E-state index contributed by atoms with van der Waals surface area (Å²) in [5, 5.41) is 21.0. The molecule has 0 saturated heterocycles. The van der Waals surface area contributed by atoms with E-state index in [4.69, 9.17) is 0 Å². The minimum absolute atomic E-state index is 0.00822. The first-order valence-electron chi connectivity index (χ1n) is 11.4. The van der Waals surface area contributed by atoms with Gasteiger partial charge in [0, 0.05) is 34.8 Å². The summed E-state index contributed by atoms with van der Waals surface area (Å²) in [7, 11) is 0. The van der Waals surface area contributed by atoms with Crippen molar-refractivity contribution < 1.29 is 14.7 Å². The lowest BCUT2D eigenvalue weighted by Gasteiger charge is -2.13. The van der Waals surface area contributed by atoms with Gasteiger partial charge in [0.15, 0.2) is 0 Å². The van der Waals surface area contributed by atoms with Crippen molar-refractivity contribution in [2.24, 2.45) is 0 Å². The molecule has 172 valence electrons. The lowest BCUT2D eigenvalue weighted by atomic mass is 10.0. The number of rotatable bonds is 5. The smallest absolute Gasteiger partial charge is 0.342 e. The predicted molar refractivity (Wildman–Crippen MR) is 129 cm³/mol. The quantitative estimate of drug-likeness (QED) is 0.486. The molecule has 1 fully saturated rings. The molecule has 4 rings (SSSR count). The third-order valence-corrected chi connectivity index (χ3v) is 6.04. The number of nitrogens with zero attached hydrogens (tertiary/aromatic N) is 2. The van der Waals surface area contributed by atoms with E-state index < -0.39 is 0 Å². The van der Waals surface area contributed by atoms with Crippen molar-refractivity contribution in [3.63, 3.8) is 0 Å². The van der Waals surface area contributed by atoms with Crippen LogP contribution in [0.5, 0.6) is 5.75 Å². The van der Waals surface area contributed by atoms with Gasteiger partial charge in [-0.15, -0.1) is 0 Å². The second-order valence-corrected chi connectivity index (χ2v) is 8.95. The van der Waals surface area contributed by atoms with Gasteiger partial charge in [0.25, 0.3) is 5.91 Å². The molecule has 0 radical (unpaired) electrons. The van der Waals surface area contributed by atoms with E-state index in [1.54, 1.807) is 18.2 Å². The Hall–Kier alpha value is -3.61. The topological polar surface area (TPSA) is 96.3 Å². The molecule has 0 spiro atoms. The second-order valence-electron chi connectivity index (χ2n) is 8.95. The highest BCUT2D eigenvalue weighted by atomic mass is 16.3. The molecule has 0 aliphatic heterocycles. The summed E-state index contributed by atoms with van der Waals surface area (Å²) < 4.78 is 1.44. The van der Waals surface area contributed by atoms with Crippen LogP contribution in [0.1, 0.15) is 67.1 Å². The van der Waals surface area contributed by atoms with Gasteiger partial charge in [-0.05, 0) is 63.4 Å². The van der Waals surface area contributed by atoms with E-state index in [1.807, 2.05) is 45.0 Å². The van der Waals surface area contributed by atoms with Crippen LogP contribution in [0, 0.1) is 6.92 Å². The molecule has 1 heterocycles. The summed E-state index contributed by atoms with van der Waals surface area (Å²) in [6, 6.07) is 13.9. The van der Waals surface area contributed by atoms with Gasteiger partial charge in [0.1, 0.15) is 5.75 Å². The van der Waals surface area contributed by atoms with Crippen molar-refractivity contribution in [2.75, 3.05) is 5.32 Å². The molecule has 1 aliphatic rings. The van der Waals surface area contributed by atoms with Gasteiger partial charge in [0.05, 0.1) is 11.4 Å². The third-order valence-electron chi connectivity index (χ3n) is 6.04. The van der Waals surface area contributed by atoms with E-state index in [-0.39, 0.29) is 29.6 Å². The highest BCUT2D eigenvalue weighted by Gasteiger charge is 2.26. The maximum absolute atomic E-state index is 12.8. The van der Waals surface area contributed by atoms with Gasteiger partial charge in [-0.1, -0.05) is 31.0 Å². The van der Waals surface area contributed by atoms with Gasteiger partial charge in [-0.2, -0.15) is 9.78 Å². The maximum atomic E-state index is 12.8. The predicted octanol–water partition coefficient (Wildman–Crippen LogP) is 5.44. The molecule has 0 atom stereocenters. The van der Waals surface area contributed by atoms with Gasteiger partial charge in [-0.3, -0.25) is 4.79 Å². The van der Waals surface area contributed by atoms with Crippen LogP contribution in [0.2, 0.25) is 0 Å². The molecule has 7 heteroatoms. The Morgan fingerprint density at radius 2 is 1.82 bits per heavy atom. The van der Waals surface area contributed by atoms with Crippen molar-refractivity contribution >= 4 is 17.6 Å². The first-order valence-corrected chi connectivity index (χ1v) is 11.4. The minimum atomic E-state index is -0.264. The molecular formula is C26H30N4O3. The van der Waals surface area contributed by atoms with Crippen LogP contribution < -0.4 is 10.6 Å². The molecule has 1 aromatic heterocycles. The van der Waals surface area contributed by atoms with Crippen LogP contribution in [0.4, 0.5) is 10.5 Å². The third kappa shape index (κ3) is 4.92. The van der Waals surface area contributed by atoms with E-state index in [0.717, 1.165) is 36.9 Å². The molecule has 2 aromatic carbocycles. The van der Waals surface area contributed by atoms with Crippen molar-refractivity contribution in [3.05, 3.63) is 65.4 Å². The summed E-state index contributed by atoms with van der Waals surface area (Å²) in [6.45, 7) is 5.70. The zero-order chi connectivity index (χ0) is 23.5. The van der Waals surface area contributed by atoms with E-state index >= 15 is 0 Å². The van der Waals surface area contributed by atoms with Crippen LogP contribution in [0.15, 0.2) is 48.5 Å². The molecule has 1 saturated carbocycles. The average Bonchev–Trinajstić information content (AvgIpc) is 3.43. The molecule has 0 bridgehead atoms. The SMILES string of the molecule is Cc1ccccc1C(=O)Nc1ccc(-c2cc(C3CCCC3)n(C(=O)NC(C)C)n2)c(O)c1. The van der Waals surface area contributed by atoms with Crippen LogP contribution in [0.25, 0.3) is 11.3 Å². The normalized spacial score (nSPS) is 13.9. The number of hydrogen-bond acceptors (Lipinski definition) is 4. The summed E-state index contributed by atoms with van der Waals surface area (Å²) >= 11 is 0. The number of benzene rings is 2. The number of anilines is 1. The molecule has 33 heavy (non-hydrogen) atoms. The first-order chi connectivity index (χ1) is 15.8. The molecule has 7 nitrogen and oxygen atoms in total. The lowest BCUT2D eigenvalue weighted by Crippen LogP contribution is -2.35. The lowest BCUT2D eigenvalue weighted by molar-refractivity contribution is 0.102. The maximum Gasteiger partial charge on any atom is 0.342 e.